The van der Waals surface area contributed by atoms with E-state index in [4.69, 9.17) is 0 Å². The van der Waals surface area contributed by atoms with Crippen LogP contribution in [0.25, 0.3) is 0 Å². The minimum absolute atomic E-state index is 0.0138. The van der Waals surface area contributed by atoms with E-state index < -0.39 is 6.17 Å². The van der Waals surface area contributed by atoms with E-state index >= 15 is 0 Å². The maximum absolute atomic E-state index is 12.3. The van der Waals surface area contributed by atoms with Crippen LogP contribution in [0, 0.1) is 0 Å². The molecule has 28 heavy (non-hydrogen) atoms. The van der Waals surface area contributed by atoms with E-state index in [9.17, 15) is 9.59 Å². The molecule has 0 atom stereocenters. The highest BCUT2D eigenvalue weighted by molar-refractivity contribution is 5.79. The van der Waals surface area contributed by atoms with Crippen LogP contribution in [-0.4, -0.2) is 24.9 Å². The Labute approximate surface area is 171 Å². The van der Waals surface area contributed by atoms with Crippen molar-refractivity contribution in [3.63, 3.8) is 0 Å². The predicted octanol–water partition coefficient (Wildman–Crippen LogP) is 4.92. The number of hydrogen-bond acceptors (Lipinski definition) is 3. The molecule has 0 aliphatic carbocycles. The van der Waals surface area contributed by atoms with Gasteiger partial charge in [-0.2, -0.15) is 0 Å². The van der Waals surface area contributed by atoms with Crippen molar-refractivity contribution in [1.29, 1.82) is 0 Å². The fourth-order valence-corrected chi connectivity index (χ4v) is 3.21. The first-order chi connectivity index (χ1) is 13.5. The Morgan fingerprint density at radius 3 is 1.64 bits per heavy atom. The third-order valence-corrected chi connectivity index (χ3v) is 4.98. The van der Waals surface area contributed by atoms with Gasteiger partial charge in [0.2, 0.25) is 11.8 Å². The molecule has 1 aromatic carbocycles. The van der Waals surface area contributed by atoms with Crippen LogP contribution in [0.4, 0.5) is 5.69 Å². The van der Waals surface area contributed by atoms with Gasteiger partial charge in [-0.15, -0.1) is 0 Å². The topological polar surface area (TPSA) is 61.4 Å². The molecule has 0 unspecified atom stereocenters. The zero-order valence-corrected chi connectivity index (χ0v) is 18.2. The fraction of sp³-hybridized carbons (Fsp3) is 0.652. The number of hydrogen-bond donors (Lipinski definition) is 2. The Balaban J connectivity index is 2.83. The Hall–Kier alpha value is -2.04. The Morgan fingerprint density at radius 1 is 0.786 bits per heavy atom. The molecular formula is C23H39N3O2. The predicted molar refractivity (Wildman–Crippen MR) is 117 cm³/mol. The Morgan fingerprint density at radius 2 is 1.25 bits per heavy atom. The van der Waals surface area contributed by atoms with Crippen molar-refractivity contribution >= 4 is 17.5 Å². The van der Waals surface area contributed by atoms with Crippen LogP contribution in [-0.2, 0) is 9.59 Å². The normalized spacial score (nSPS) is 10.8. The van der Waals surface area contributed by atoms with Gasteiger partial charge in [0.15, 0.2) is 0 Å². The number of anilines is 1. The summed E-state index contributed by atoms with van der Waals surface area (Å²) in [7, 11) is 0. The average Bonchev–Trinajstić information content (AvgIpc) is 2.69. The highest BCUT2D eigenvalue weighted by Gasteiger charge is 2.17. The summed E-state index contributed by atoms with van der Waals surface area (Å²) in [6, 6.07) is 8.11. The van der Waals surface area contributed by atoms with Crippen LogP contribution >= 0.6 is 0 Å². The third kappa shape index (κ3) is 8.77. The number of amides is 2. The molecule has 0 aromatic heterocycles. The molecule has 5 nitrogen and oxygen atoms in total. The molecule has 158 valence electrons. The van der Waals surface area contributed by atoms with E-state index in [0.717, 1.165) is 62.9 Å². The zero-order chi connectivity index (χ0) is 20.8. The summed E-state index contributed by atoms with van der Waals surface area (Å²) in [6.45, 7) is 10.4. The molecule has 0 fully saturated rings. The molecule has 1 rings (SSSR count). The van der Waals surface area contributed by atoms with E-state index in [1.807, 2.05) is 12.1 Å². The lowest BCUT2D eigenvalue weighted by Gasteiger charge is -2.24. The number of nitrogens with one attached hydrogen (secondary N) is 2. The number of benzene rings is 1. The minimum Gasteiger partial charge on any atom is -0.372 e. The van der Waals surface area contributed by atoms with Gasteiger partial charge in [0.25, 0.3) is 0 Å². The van der Waals surface area contributed by atoms with Crippen molar-refractivity contribution in [3.05, 3.63) is 29.8 Å². The monoisotopic (exact) mass is 389 g/mol. The fourth-order valence-electron chi connectivity index (χ4n) is 3.21. The molecule has 5 heteroatoms. The standard InChI is InChI=1S/C23H39N3O2/c1-5-9-11-13-21(27)24-23(25-22(28)14-12-10-6-2)19-15-17-20(18-16-19)26(7-3)8-4/h15-18,23H,5-14H2,1-4H3,(H,24,27)(H,25,28). The van der Waals surface area contributed by atoms with Gasteiger partial charge in [0.05, 0.1) is 0 Å². The molecule has 0 spiro atoms. The van der Waals surface area contributed by atoms with Crippen LogP contribution in [0.3, 0.4) is 0 Å². The lowest BCUT2D eigenvalue weighted by molar-refractivity contribution is -0.124. The van der Waals surface area contributed by atoms with Gasteiger partial charge in [-0.1, -0.05) is 51.7 Å². The highest BCUT2D eigenvalue weighted by Crippen LogP contribution is 2.19. The second-order valence-electron chi connectivity index (χ2n) is 7.25. The summed E-state index contributed by atoms with van der Waals surface area (Å²) in [5.41, 5.74) is 2.06. The molecule has 0 saturated heterocycles. The number of rotatable bonds is 14. The smallest absolute Gasteiger partial charge is 0.221 e. The number of carbonyl (C=O) groups excluding carboxylic acids is 2. The molecule has 2 N–H and O–H groups in total. The molecule has 0 aliphatic rings. The van der Waals surface area contributed by atoms with Crippen molar-refractivity contribution < 1.29 is 9.59 Å². The number of unbranched alkanes of at least 4 members (excludes halogenated alkanes) is 4. The molecular weight excluding hydrogens is 350 g/mol. The lowest BCUT2D eigenvalue weighted by atomic mass is 10.1. The van der Waals surface area contributed by atoms with Crippen LogP contribution in [0.2, 0.25) is 0 Å². The van der Waals surface area contributed by atoms with Gasteiger partial charge in [-0.05, 0) is 44.4 Å². The Kier molecular flexibility index (Phi) is 12.0. The lowest BCUT2D eigenvalue weighted by Crippen LogP contribution is -2.41. The second kappa shape index (κ2) is 14.0. The molecule has 1 aromatic rings. The minimum atomic E-state index is -0.478. The summed E-state index contributed by atoms with van der Waals surface area (Å²) in [4.78, 5) is 27.0. The largest absolute Gasteiger partial charge is 0.372 e. The molecule has 0 saturated carbocycles. The number of carbonyl (C=O) groups is 2. The van der Waals surface area contributed by atoms with E-state index in [1.54, 1.807) is 0 Å². The molecule has 0 aliphatic heterocycles. The summed E-state index contributed by atoms with van der Waals surface area (Å²) < 4.78 is 0. The molecule has 0 radical (unpaired) electrons. The summed E-state index contributed by atoms with van der Waals surface area (Å²) in [5.74, 6) is -0.0275. The molecule has 2 amide bonds. The second-order valence-corrected chi connectivity index (χ2v) is 7.25. The van der Waals surface area contributed by atoms with Gasteiger partial charge in [0, 0.05) is 31.6 Å². The van der Waals surface area contributed by atoms with Crippen molar-refractivity contribution in [2.45, 2.75) is 85.2 Å². The van der Waals surface area contributed by atoms with Gasteiger partial charge < -0.3 is 15.5 Å². The third-order valence-electron chi connectivity index (χ3n) is 4.98. The van der Waals surface area contributed by atoms with E-state index in [2.05, 4.69) is 55.4 Å². The van der Waals surface area contributed by atoms with Gasteiger partial charge in [0.1, 0.15) is 6.17 Å². The quantitative estimate of drug-likeness (QED) is 0.350. The summed E-state index contributed by atoms with van der Waals surface area (Å²) >= 11 is 0. The number of nitrogens with zero attached hydrogens (tertiary/aromatic N) is 1. The first kappa shape index (κ1) is 24.0. The van der Waals surface area contributed by atoms with Crippen molar-refractivity contribution in [3.8, 4) is 0 Å². The zero-order valence-electron chi connectivity index (χ0n) is 18.2. The van der Waals surface area contributed by atoms with E-state index in [1.165, 1.54) is 0 Å². The van der Waals surface area contributed by atoms with Crippen LogP contribution < -0.4 is 15.5 Å². The van der Waals surface area contributed by atoms with Gasteiger partial charge in [-0.3, -0.25) is 9.59 Å². The van der Waals surface area contributed by atoms with E-state index in [0.29, 0.717) is 12.8 Å². The van der Waals surface area contributed by atoms with Gasteiger partial charge in [-0.25, -0.2) is 0 Å². The van der Waals surface area contributed by atoms with Gasteiger partial charge >= 0.3 is 0 Å². The maximum atomic E-state index is 12.3. The summed E-state index contributed by atoms with van der Waals surface area (Å²) in [5, 5.41) is 6.01. The van der Waals surface area contributed by atoms with Crippen molar-refractivity contribution in [2.24, 2.45) is 0 Å². The molecule has 0 bridgehead atoms. The van der Waals surface area contributed by atoms with Crippen LogP contribution in [0.15, 0.2) is 24.3 Å². The average molecular weight is 390 g/mol. The van der Waals surface area contributed by atoms with Crippen molar-refractivity contribution in [2.75, 3.05) is 18.0 Å². The van der Waals surface area contributed by atoms with Crippen molar-refractivity contribution in [1.82, 2.24) is 10.6 Å². The maximum Gasteiger partial charge on any atom is 0.221 e. The summed E-state index contributed by atoms with van der Waals surface area (Å²) in [6.07, 6.45) is 6.51. The first-order valence-electron chi connectivity index (χ1n) is 11.0. The Bertz CT molecular complexity index is 544. The van der Waals surface area contributed by atoms with Crippen LogP contribution in [0.5, 0.6) is 0 Å². The van der Waals surface area contributed by atoms with Crippen LogP contribution in [0.1, 0.15) is 90.8 Å². The first-order valence-corrected chi connectivity index (χ1v) is 11.0. The molecule has 0 heterocycles. The SMILES string of the molecule is CCCCCC(=O)NC(NC(=O)CCCCC)c1ccc(N(CC)CC)cc1. The van der Waals surface area contributed by atoms with E-state index in [-0.39, 0.29) is 11.8 Å². The highest BCUT2D eigenvalue weighted by atomic mass is 16.2.